The Balaban J connectivity index is 1.63. The van der Waals surface area contributed by atoms with Gasteiger partial charge in [-0.2, -0.15) is 4.31 Å². The van der Waals surface area contributed by atoms with Crippen LogP contribution in [0.5, 0.6) is 0 Å². The Morgan fingerprint density at radius 3 is 2.63 bits per heavy atom. The van der Waals surface area contributed by atoms with Gasteiger partial charge in [0.2, 0.25) is 15.9 Å². The Bertz CT molecular complexity index is 1130. The van der Waals surface area contributed by atoms with Crippen molar-refractivity contribution in [2.75, 3.05) is 18.4 Å². The minimum absolute atomic E-state index is 0.165. The Morgan fingerprint density at radius 2 is 1.97 bits per heavy atom. The second kappa shape index (κ2) is 9.50. The monoisotopic (exact) mass is 450 g/mol. The molecule has 11 heteroatoms. The van der Waals surface area contributed by atoms with Crippen molar-refractivity contribution >= 4 is 44.4 Å². The molecule has 0 aliphatic heterocycles. The van der Waals surface area contributed by atoms with E-state index in [1.807, 2.05) is 0 Å². The molecule has 3 rings (SSSR count). The van der Waals surface area contributed by atoms with Crippen molar-refractivity contribution in [1.82, 2.24) is 24.3 Å². The number of aromatic nitrogens is 4. The van der Waals surface area contributed by atoms with Crippen LogP contribution in [0.3, 0.4) is 0 Å². The molecule has 0 saturated heterocycles. The van der Waals surface area contributed by atoms with Crippen LogP contribution < -0.4 is 5.32 Å². The van der Waals surface area contributed by atoms with Gasteiger partial charge < -0.3 is 5.32 Å². The fourth-order valence-electron chi connectivity index (χ4n) is 3.03. The van der Waals surface area contributed by atoms with Gasteiger partial charge in [-0.1, -0.05) is 30.7 Å². The molecule has 0 saturated carbocycles. The highest BCUT2D eigenvalue weighted by Crippen LogP contribution is 2.21. The van der Waals surface area contributed by atoms with Crippen LogP contribution in [0.25, 0.3) is 11.0 Å². The highest BCUT2D eigenvalue weighted by atomic mass is 35.5. The number of rotatable bonds is 9. The Hall–Kier alpha value is -2.56. The number of fused-ring (bicyclic) bond motifs is 1. The van der Waals surface area contributed by atoms with Crippen LogP contribution >= 0.6 is 11.6 Å². The molecule has 0 radical (unpaired) electrons. The van der Waals surface area contributed by atoms with Crippen molar-refractivity contribution in [1.29, 1.82) is 0 Å². The van der Waals surface area contributed by atoms with E-state index >= 15 is 0 Å². The molecule has 2 aromatic heterocycles. The van der Waals surface area contributed by atoms with Crippen molar-refractivity contribution in [3.05, 3.63) is 41.6 Å². The third-order valence-corrected chi connectivity index (χ3v) is 6.87. The van der Waals surface area contributed by atoms with Gasteiger partial charge in [-0.15, -0.1) is 5.10 Å². The van der Waals surface area contributed by atoms with E-state index in [-0.39, 0.29) is 17.2 Å². The molecule has 0 bridgehead atoms. The number of halogens is 1. The number of carbonyl (C=O) groups excluding carboxylic acids is 1. The number of hydrogen-bond acceptors (Lipinski definition) is 6. The van der Waals surface area contributed by atoms with Crippen molar-refractivity contribution in [2.24, 2.45) is 0 Å². The number of nitrogens with zero attached hydrogens (tertiary/aromatic N) is 5. The molecule has 3 aromatic rings. The number of sulfonamides is 1. The maximum absolute atomic E-state index is 12.7. The molecule has 2 heterocycles. The summed E-state index contributed by atoms with van der Waals surface area (Å²) in [7, 11) is -3.55. The predicted molar refractivity (Wildman–Crippen MR) is 115 cm³/mol. The van der Waals surface area contributed by atoms with Gasteiger partial charge >= 0.3 is 0 Å². The van der Waals surface area contributed by atoms with E-state index in [4.69, 9.17) is 11.6 Å². The SMILES string of the molecule is CCN(CC)S(=O)(=O)c1ccc2c(c1)nnn2CCCC(=O)Nc1ccc(Cl)cn1. The minimum Gasteiger partial charge on any atom is -0.311 e. The zero-order valence-electron chi connectivity index (χ0n) is 16.7. The number of hydrogen-bond donors (Lipinski definition) is 1. The fraction of sp³-hybridized carbons (Fsp3) is 0.368. The van der Waals surface area contributed by atoms with Crippen LogP contribution in [0.4, 0.5) is 5.82 Å². The van der Waals surface area contributed by atoms with Crippen LogP contribution in [0.2, 0.25) is 5.02 Å². The Labute approximate surface area is 180 Å². The summed E-state index contributed by atoms with van der Waals surface area (Å²) >= 11 is 5.77. The largest absolute Gasteiger partial charge is 0.311 e. The van der Waals surface area contributed by atoms with Crippen LogP contribution in [-0.2, 0) is 21.4 Å². The standard InChI is InChI=1S/C19H23ClN6O3S/c1-3-25(4-2)30(28,29)15-8-9-17-16(12-15)23-24-26(17)11-5-6-19(27)22-18-10-7-14(20)13-21-18/h7-10,12-13H,3-6,11H2,1-2H3,(H,21,22,27). The zero-order valence-corrected chi connectivity index (χ0v) is 18.3. The second-order valence-corrected chi connectivity index (χ2v) is 8.94. The number of amides is 1. The van der Waals surface area contributed by atoms with Gasteiger partial charge in [0.15, 0.2) is 0 Å². The van der Waals surface area contributed by atoms with E-state index in [1.54, 1.807) is 42.8 Å². The molecular formula is C19H23ClN6O3S. The Kier molecular flexibility index (Phi) is 7.01. The quantitative estimate of drug-likeness (QED) is 0.536. The van der Waals surface area contributed by atoms with Crippen LogP contribution in [0.15, 0.2) is 41.4 Å². The molecule has 0 unspecified atom stereocenters. The molecule has 1 aromatic carbocycles. The van der Waals surface area contributed by atoms with Gasteiger partial charge in [-0.3, -0.25) is 4.79 Å². The molecule has 0 fully saturated rings. The first-order chi connectivity index (χ1) is 14.3. The van der Waals surface area contributed by atoms with E-state index < -0.39 is 10.0 Å². The van der Waals surface area contributed by atoms with Gasteiger partial charge in [-0.05, 0) is 36.8 Å². The van der Waals surface area contributed by atoms with E-state index in [0.29, 0.717) is 47.9 Å². The lowest BCUT2D eigenvalue weighted by Crippen LogP contribution is -2.30. The van der Waals surface area contributed by atoms with Crippen LogP contribution in [0.1, 0.15) is 26.7 Å². The van der Waals surface area contributed by atoms with E-state index in [2.05, 4.69) is 20.6 Å². The summed E-state index contributed by atoms with van der Waals surface area (Å²) in [5, 5.41) is 11.4. The number of benzene rings is 1. The van der Waals surface area contributed by atoms with E-state index in [9.17, 15) is 13.2 Å². The first-order valence-electron chi connectivity index (χ1n) is 9.60. The smallest absolute Gasteiger partial charge is 0.243 e. The number of pyridine rings is 1. The lowest BCUT2D eigenvalue weighted by molar-refractivity contribution is -0.116. The summed E-state index contributed by atoms with van der Waals surface area (Å²) in [4.78, 5) is 16.3. The Morgan fingerprint density at radius 1 is 1.20 bits per heavy atom. The van der Waals surface area contributed by atoms with Crippen molar-refractivity contribution in [3.8, 4) is 0 Å². The van der Waals surface area contributed by atoms with Gasteiger partial charge in [0.05, 0.1) is 15.4 Å². The summed E-state index contributed by atoms with van der Waals surface area (Å²) in [5.74, 6) is 0.277. The summed E-state index contributed by atoms with van der Waals surface area (Å²) in [6.45, 7) is 4.87. The molecule has 0 spiro atoms. The second-order valence-electron chi connectivity index (χ2n) is 6.57. The first-order valence-corrected chi connectivity index (χ1v) is 11.4. The number of nitrogens with one attached hydrogen (secondary N) is 1. The summed E-state index contributed by atoms with van der Waals surface area (Å²) in [6, 6.07) is 8.08. The van der Waals surface area contributed by atoms with Crippen LogP contribution in [0, 0.1) is 0 Å². The van der Waals surface area contributed by atoms with E-state index in [0.717, 1.165) is 0 Å². The molecule has 30 heavy (non-hydrogen) atoms. The topological polar surface area (TPSA) is 110 Å². The average molecular weight is 451 g/mol. The average Bonchev–Trinajstić information content (AvgIpc) is 3.13. The minimum atomic E-state index is -3.55. The normalized spacial score (nSPS) is 11.9. The van der Waals surface area contributed by atoms with Crippen molar-refractivity contribution in [2.45, 2.75) is 38.1 Å². The molecule has 0 atom stereocenters. The van der Waals surface area contributed by atoms with Crippen LogP contribution in [-0.4, -0.2) is 51.7 Å². The molecular weight excluding hydrogens is 428 g/mol. The third kappa shape index (κ3) is 4.94. The summed E-state index contributed by atoms with van der Waals surface area (Å²) < 4.78 is 28.4. The fourth-order valence-corrected chi connectivity index (χ4v) is 4.62. The van der Waals surface area contributed by atoms with Gasteiger partial charge in [0.1, 0.15) is 11.3 Å². The lowest BCUT2D eigenvalue weighted by Gasteiger charge is -2.18. The maximum Gasteiger partial charge on any atom is 0.243 e. The molecule has 160 valence electrons. The van der Waals surface area contributed by atoms with Gasteiger partial charge in [-0.25, -0.2) is 18.1 Å². The molecule has 0 aliphatic carbocycles. The number of carbonyl (C=O) groups is 1. The highest BCUT2D eigenvalue weighted by molar-refractivity contribution is 7.89. The molecule has 1 N–H and O–H groups in total. The van der Waals surface area contributed by atoms with Gasteiger partial charge in [0, 0.05) is 32.3 Å². The maximum atomic E-state index is 12.7. The van der Waals surface area contributed by atoms with E-state index in [1.165, 1.54) is 16.6 Å². The lowest BCUT2D eigenvalue weighted by atomic mass is 10.2. The predicted octanol–water partition coefficient (Wildman–Crippen LogP) is 2.93. The third-order valence-electron chi connectivity index (χ3n) is 4.60. The first kappa shape index (κ1) is 22.1. The van der Waals surface area contributed by atoms with Gasteiger partial charge in [0.25, 0.3) is 0 Å². The zero-order chi connectivity index (χ0) is 21.7. The summed E-state index contributed by atoms with van der Waals surface area (Å²) in [6.07, 6.45) is 2.28. The van der Waals surface area contributed by atoms with Crippen molar-refractivity contribution < 1.29 is 13.2 Å². The molecule has 9 nitrogen and oxygen atoms in total. The number of aryl methyl sites for hydroxylation is 1. The molecule has 1 amide bonds. The molecule has 0 aliphatic rings. The number of anilines is 1. The van der Waals surface area contributed by atoms with Crippen molar-refractivity contribution in [3.63, 3.8) is 0 Å². The highest BCUT2D eigenvalue weighted by Gasteiger charge is 2.22. The summed E-state index contributed by atoms with van der Waals surface area (Å²) in [5.41, 5.74) is 1.21.